The van der Waals surface area contributed by atoms with E-state index in [0.29, 0.717) is 18.0 Å². The van der Waals surface area contributed by atoms with Crippen molar-refractivity contribution in [3.05, 3.63) is 70.8 Å². The molecule has 0 bridgehead atoms. The van der Waals surface area contributed by atoms with Gasteiger partial charge in [-0.2, -0.15) is 5.10 Å². The van der Waals surface area contributed by atoms with Crippen LogP contribution in [-0.4, -0.2) is 39.4 Å². The van der Waals surface area contributed by atoms with Crippen molar-refractivity contribution in [2.24, 2.45) is 0 Å². The Labute approximate surface area is 159 Å². The molecule has 0 fully saturated rings. The van der Waals surface area contributed by atoms with Crippen LogP contribution in [0.3, 0.4) is 0 Å². The number of benzene rings is 2. The fourth-order valence-electron chi connectivity index (χ4n) is 2.73. The number of likely N-dealkylation sites (N-methyl/N-ethyl adjacent to an activating group) is 1. The summed E-state index contributed by atoms with van der Waals surface area (Å²) in [5.74, 6) is 1.77. The number of rotatable bonds is 7. The Balaban J connectivity index is 1.64. The predicted octanol–water partition coefficient (Wildman–Crippen LogP) is 3.99. The minimum atomic E-state index is 0.617. The van der Waals surface area contributed by atoms with Crippen LogP contribution in [0.4, 0.5) is 0 Å². The van der Waals surface area contributed by atoms with Crippen LogP contribution >= 0.6 is 12.2 Å². The van der Waals surface area contributed by atoms with Crippen LogP contribution in [0.15, 0.2) is 54.6 Å². The summed E-state index contributed by atoms with van der Waals surface area (Å²) in [6, 6.07) is 18.2. The van der Waals surface area contributed by atoms with Gasteiger partial charge in [0.1, 0.15) is 18.2 Å². The number of aryl methyl sites for hydroxylation is 2. The van der Waals surface area contributed by atoms with Gasteiger partial charge in [0.25, 0.3) is 0 Å². The number of ether oxygens (including phenoxy) is 1. The van der Waals surface area contributed by atoms with Crippen molar-refractivity contribution in [1.29, 1.82) is 0 Å². The summed E-state index contributed by atoms with van der Waals surface area (Å²) in [6.45, 7) is 6.08. The van der Waals surface area contributed by atoms with Crippen molar-refractivity contribution in [2.75, 3.05) is 20.2 Å². The van der Waals surface area contributed by atoms with Gasteiger partial charge in [-0.3, -0.25) is 9.47 Å². The van der Waals surface area contributed by atoms with E-state index < -0.39 is 0 Å². The molecule has 136 valence electrons. The molecular weight excluding hydrogens is 344 g/mol. The molecule has 0 aliphatic heterocycles. The average Bonchev–Trinajstić information content (AvgIpc) is 2.90. The molecule has 1 heterocycles. The van der Waals surface area contributed by atoms with E-state index in [-0.39, 0.29) is 0 Å². The Morgan fingerprint density at radius 2 is 1.73 bits per heavy atom. The summed E-state index contributed by atoms with van der Waals surface area (Å²) in [5, 5.41) is 4.61. The lowest BCUT2D eigenvalue weighted by atomic mass is 10.2. The lowest BCUT2D eigenvalue weighted by Crippen LogP contribution is -2.27. The Morgan fingerprint density at radius 1 is 1.04 bits per heavy atom. The number of hydrogen-bond acceptors (Lipinski definition) is 4. The molecule has 0 amide bonds. The highest BCUT2D eigenvalue weighted by atomic mass is 32.1. The molecule has 26 heavy (non-hydrogen) atoms. The number of hydrogen-bond donors (Lipinski definition) is 0. The van der Waals surface area contributed by atoms with Crippen LogP contribution < -0.4 is 4.74 Å². The fraction of sp³-hybridized carbons (Fsp3) is 0.300. The lowest BCUT2D eigenvalue weighted by molar-refractivity contribution is 0.197. The van der Waals surface area contributed by atoms with Crippen LogP contribution in [0.1, 0.15) is 11.4 Å². The third kappa shape index (κ3) is 4.39. The smallest absolute Gasteiger partial charge is 0.203 e. The molecule has 0 radical (unpaired) electrons. The quantitative estimate of drug-likeness (QED) is 0.591. The monoisotopic (exact) mass is 368 g/mol. The number of aromatic nitrogens is 3. The largest absolute Gasteiger partial charge is 0.492 e. The molecule has 3 aromatic rings. The molecule has 0 N–H and O–H groups in total. The third-order valence-electron chi connectivity index (χ3n) is 4.15. The predicted molar refractivity (Wildman–Crippen MR) is 106 cm³/mol. The van der Waals surface area contributed by atoms with Gasteiger partial charge in [0.15, 0.2) is 0 Å². The van der Waals surface area contributed by atoms with Crippen LogP contribution in [0.5, 0.6) is 5.75 Å². The molecule has 0 unspecified atom stereocenters. The minimum absolute atomic E-state index is 0.617. The molecule has 0 aliphatic carbocycles. The van der Waals surface area contributed by atoms with Crippen molar-refractivity contribution in [2.45, 2.75) is 20.5 Å². The Morgan fingerprint density at radius 3 is 2.42 bits per heavy atom. The molecule has 0 atom stereocenters. The number of para-hydroxylation sites is 1. The van der Waals surface area contributed by atoms with Crippen molar-refractivity contribution in [3.8, 4) is 11.4 Å². The molecular formula is C20H24N4OS. The van der Waals surface area contributed by atoms with Gasteiger partial charge in [0.2, 0.25) is 4.77 Å². The minimum Gasteiger partial charge on any atom is -0.492 e. The van der Waals surface area contributed by atoms with Gasteiger partial charge in [0, 0.05) is 12.2 Å². The summed E-state index contributed by atoms with van der Waals surface area (Å²) < 4.78 is 10.3. The Hall–Kier alpha value is -2.44. The zero-order valence-electron chi connectivity index (χ0n) is 15.4. The van der Waals surface area contributed by atoms with Gasteiger partial charge in [-0.15, -0.1) is 0 Å². The van der Waals surface area contributed by atoms with Gasteiger partial charge in [0.05, 0.1) is 6.67 Å². The van der Waals surface area contributed by atoms with E-state index >= 15 is 0 Å². The molecule has 2 aromatic carbocycles. The van der Waals surface area contributed by atoms with Crippen molar-refractivity contribution < 1.29 is 4.74 Å². The van der Waals surface area contributed by atoms with E-state index in [9.17, 15) is 0 Å². The molecule has 6 heteroatoms. The molecule has 0 saturated heterocycles. The van der Waals surface area contributed by atoms with Crippen molar-refractivity contribution in [3.63, 3.8) is 0 Å². The summed E-state index contributed by atoms with van der Waals surface area (Å²) in [4.78, 5) is 2.14. The van der Waals surface area contributed by atoms with E-state index in [2.05, 4.69) is 41.2 Å². The van der Waals surface area contributed by atoms with Gasteiger partial charge < -0.3 is 4.74 Å². The second-order valence-corrected chi connectivity index (χ2v) is 6.75. The van der Waals surface area contributed by atoms with Gasteiger partial charge >= 0.3 is 0 Å². The second-order valence-electron chi connectivity index (χ2n) is 6.38. The fourth-order valence-corrected chi connectivity index (χ4v) is 3.07. The topological polar surface area (TPSA) is 35.2 Å². The summed E-state index contributed by atoms with van der Waals surface area (Å²) >= 11 is 5.64. The molecule has 0 spiro atoms. The zero-order valence-corrected chi connectivity index (χ0v) is 16.2. The van der Waals surface area contributed by atoms with Gasteiger partial charge in [-0.1, -0.05) is 35.9 Å². The third-order valence-corrected chi connectivity index (χ3v) is 4.55. The van der Waals surface area contributed by atoms with Crippen LogP contribution in [0.2, 0.25) is 0 Å². The van der Waals surface area contributed by atoms with Gasteiger partial charge in [-0.05, 0) is 57.4 Å². The molecule has 5 nitrogen and oxygen atoms in total. The maximum atomic E-state index is 5.75. The highest BCUT2D eigenvalue weighted by molar-refractivity contribution is 7.71. The van der Waals surface area contributed by atoms with Crippen LogP contribution in [0.25, 0.3) is 5.69 Å². The standard InChI is InChI=1S/C20H24N4OS/c1-16-9-11-18(12-10-16)24-17(2)21-23(20(24)26)15-22(3)13-14-25-19-7-5-4-6-8-19/h4-12H,13-15H2,1-3H3. The highest BCUT2D eigenvalue weighted by Crippen LogP contribution is 2.13. The Kier molecular flexibility index (Phi) is 5.85. The summed E-state index contributed by atoms with van der Waals surface area (Å²) in [7, 11) is 2.04. The van der Waals surface area contributed by atoms with E-state index in [0.717, 1.165) is 23.8 Å². The molecule has 1 aromatic heterocycles. The summed E-state index contributed by atoms with van der Waals surface area (Å²) in [6.07, 6.45) is 0. The zero-order chi connectivity index (χ0) is 18.5. The molecule has 3 rings (SSSR count). The molecule has 0 saturated carbocycles. The van der Waals surface area contributed by atoms with Crippen LogP contribution in [0, 0.1) is 18.6 Å². The van der Waals surface area contributed by atoms with Crippen molar-refractivity contribution >= 4 is 12.2 Å². The second kappa shape index (κ2) is 8.29. The van der Waals surface area contributed by atoms with E-state index in [1.165, 1.54) is 5.56 Å². The first kappa shape index (κ1) is 18.4. The SMILES string of the molecule is Cc1ccc(-n2c(C)nn(CN(C)CCOc3ccccc3)c2=S)cc1. The first-order chi connectivity index (χ1) is 12.5. The average molecular weight is 369 g/mol. The molecule has 0 aliphatic rings. The van der Waals surface area contributed by atoms with E-state index in [4.69, 9.17) is 17.0 Å². The summed E-state index contributed by atoms with van der Waals surface area (Å²) in [5.41, 5.74) is 2.27. The Bertz CT molecular complexity index is 900. The van der Waals surface area contributed by atoms with Crippen molar-refractivity contribution in [1.82, 2.24) is 19.2 Å². The lowest BCUT2D eigenvalue weighted by Gasteiger charge is -2.16. The maximum Gasteiger partial charge on any atom is 0.203 e. The van der Waals surface area contributed by atoms with E-state index in [1.807, 2.05) is 53.6 Å². The van der Waals surface area contributed by atoms with E-state index in [1.54, 1.807) is 0 Å². The maximum absolute atomic E-state index is 5.75. The highest BCUT2D eigenvalue weighted by Gasteiger charge is 2.10. The number of nitrogens with zero attached hydrogens (tertiary/aromatic N) is 4. The van der Waals surface area contributed by atoms with Gasteiger partial charge in [-0.25, -0.2) is 4.68 Å². The van der Waals surface area contributed by atoms with Crippen LogP contribution in [-0.2, 0) is 6.67 Å². The normalized spacial score (nSPS) is 11.1. The first-order valence-corrected chi connectivity index (χ1v) is 9.05. The first-order valence-electron chi connectivity index (χ1n) is 8.64.